The van der Waals surface area contributed by atoms with Gasteiger partial charge in [0.25, 0.3) is 0 Å². The minimum Gasteiger partial charge on any atom is -0.497 e. The van der Waals surface area contributed by atoms with Crippen LogP contribution in [0.1, 0.15) is 20.8 Å². The average Bonchev–Trinajstić information content (AvgIpc) is 2.55. The highest BCUT2D eigenvalue weighted by molar-refractivity contribution is 7.97. The van der Waals surface area contributed by atoms with Crippen molar-refractivity contribution in [1.29, 1.82) is 0 Å². The highest BCUT2D eigenvalue weighted by Crippen LogP contribution is 2.18. The van der Waals surface area contributed by atoms with Crippen molar-refractivity contribution in [2.75, 3.05) is 7.11 Å². The zero-order valence-corrected chi connectivity index (χ0v) is 15.4. The van der Waals surface area contributed by atoms with Crippen LogP contribution in [0.4, 0.5) is 0 Å². The molecule has 0 aliphatic rings. The van der Waals surface area contributed by atoms with Crippen molar-refractivity contribution in [3.63, 3.8) is 0 Å². The lowest BCUT2D eigenvalue weighted by Gasteiger charge is -2.11. The first-order valence-corrected chi connectivity index (χ1v) is 8.25. The van der Waals surface area contributed by atoms with E-state index in [1.807, 2.05) is 37.3 Å². The van der Waals surface area contributed by atoms with Crippen LogP contribution in [0, 0.1) is 0 Å². The summed E-state index contributed by atoms with van der Waals surface area (Å²) in [5, 5.41) is 0. The van der Waals surface area contributed by atoms with E-state index in [0.717, 1.165) is 10.5 Å². The molecule has 24 heavy (non-hydrogen) atoms. The van der Waals surface area contributed by atoms with Crippen LogP contribution in [0.2, 0.25) is 0 Å². The predicted octanol–water partition coefficient (Wildman–Crippen LogP) is 4.10. The Kier molecular flexibility index (Phi) is 7.92. The third-order valence-corrected chi connectivity index (χ3v) is 3.93. The van der Waals surface area contributed by atoms with Gasteiger partial charge in [0.1, 0.15) is 11.5 Å². The van der Waals surface area contributed by atoms with E-state index in [0.29, 0.717) is 22.7 Å². The highest BCUT2D eigenvalue weighted by atomic mass is 32.2. The van der Waals surface area contributed by atoms with Crippen molar-refractivity contribution in [3.05, 3.63) is 77.4 Å². The van der Waals surface area contributed by atoms with Gasteiger partial charge in [0.15, 0.2) is 0 Å². The number of carbonyl (C=O) groups is 1. The van der Waals surface area contributed by atoms with E-state index in [1.54, 1.807) is 33.1 Å². The number of ether oxygens (including phenoxy) is 1. The Labute approximate surface area is 148 Å². The van der Waals surface area contributed by atoms with Crippen LogP contribution in [-0.2, 0) is 9.53 Å². The van der Waals surface area contributed by atoms with Gasteiger partial charge < -0.3 is 15.2 Å². The molecule has 0 saturated heterocycles. The van der Waals surface area contributed by atoms with Crippen molar-refractivity contribution in [3.8, 4) is 0 Å². The van der Waals surface area contributed by atoms with Crippen molar-refractivity contribution in [2.24, 2.45) is 5.73 Å². The van der Waals surface area contributed by atoms with E-state index in [1.165, 1.54) is 11.9 Å². The lowest BCUT2D eigenvalue weighted by Crippen LogP contribution is -2.20. The van der Waals surface area contributed by atoms with Gasteiger partial charge in [-0.2, -0.15) is 0 Å². The van der Waals surface area contributed by atoms with Crippen molar-refractivity contribution >= 4 is 17.7 Å². The Morgan fingerprint density at radius 1 is 1.21 bits per heavy atom. The minimum atomic E-state index is -0.160. The number of methoxy groups -OCH3 is 1. The van der Waals surface area contributed by atoms with E-state index in [2.05, 4.69) is 11.3 Å². The van der Waals surface area contributed by atoms with Gasteiger partial charge >= 0.3 is 0 Å². The Morgan fingerprint density at radius 2 is 1.83 bits per heavy atom. The molecule has 0 atom stereocenters. The van der Waals surface area contributed by atoms with Crippen LogP contribution in [0.15, 0.2) is 82.3 Å². The van der Waals surface area contributed by atoms with Gasteiger partial charge in [0.05, 0.1) is 7.11 Å². The zero-order chi connectivity index (χ0) is 18.1. The van der Waals surface area contributed by atoms with Gasteiger partial charge in [-0.15, -0.1) is 0 Å². The maximum Gasteiger partial charge on any atom is 0.207 e. The van der Waals surface area contributed by atoms with Gasteiger partial charge in [-0.05, 0) is 62.1 Å². The fourth-order valence-electron chi connectivity index (χ4n) is 1.76. The smallest absolute Gasteiger partial charge is 0.207 e. The molecule has 0 aromatic heterocycles. The second-order valence-corrected chi connectivity index (χ2v) is 6.15. The number of benzene rings is 1. The summed E-state index contributed by atoms with van der Waals surface area (Å²) in [7, 11) is 1.57. The third-order valence-electron chi connectivity index (χ3n) is 3.12. The van der Waals surface area contributed by atoms with E-state index >= 15 is 0 Å². The van der Waals surface area contributed by atoms with Crippen LogP contribution in [-0.4, -0.2) is 12.9 Å². The SMILES string of the molecule is C=C(C)/C(=C\C=C(/C)C(=O)/C(NSc1ccccc1)=C(/C)N)OC. The first-order valence-electron chi connectivity index (χ1n) is 7.44. The molecule has 3 N–H and O–H groups in total. The topological polar surface area (TPSA) is 64.4 Å². The number of nitrogens with one attached hydrogen (secondary N) is 1. The molecule has 4 nitrogen and oxygen atoms in total. The van der Waals surface area contributed by atoms with E-state index in [4.69, 9.17) is 10.5 Å². The van der Waals surface area contributed by atoms with Crippen LogP contribution in [0.5, 0.6) is 0 Å². The Hall–Kier alpha value is -2.40. The number of Topliss-reactive ketones (excluding diaryl/α,β-unsaturated/α-hetero) is 1. The number of rotatable bonds is 8. The minimum absolute atomic E-state index is 0.160. The molecule has 0 heterocycles. The lowest BCUT2D eigenvalue weighted by molar-refractivity contribution is -0.112. The molecule has 0 saturated carbocycles. The molecule has 0 bridgehead atoms. The van der Waals surface area contributed by atoms with Gasteiger partial charge in [0.2, 0.25) is 5.78 Å². The Balaban J connectivity index is 2.91. The summed E-state index contributed by atoms with van der Waals surface area (Å²) in [6.07, 6.45) is 3.43. The third kappa shape index (κ3) is 6.01. The molecular weight excluding hydrogens is 320 g/mol. The van der Waals surface area contributed by atoms with Gasteiger partial charge in [-0.1, -0.05) is 30.9 Å². The second-order valence-electron chi connectivity index (χ2n) is 5.27. The molecule has 0 radical (unpaired) electrons. The number of allylic oxidation sites excluding steroid dienone is 5. The number of nitrogens with two attached hydrogens (primary N) is 1. The summed E-state index contributed by atoms with van der Waals surface area (Å²) in [6.45, 7) is 9.10. The first-order chi connectivity index (χ1) is 11.4. The zero-order valence-electron chi connectivity index (χ0n) is 14.6. The lowest BCUT2D eigenvalue weighted by atomic mass is 10.1. The van der Waals surface area contributed by atoms with Crippen LogP contribution in [0.3, 0.4) is 0 Å². The molecule has 0 aliphatic heterocycles. The molecular formula is C19H24N2O2S. The summed E-state index contributed by atoms with van der Waals surface area (Å²) < 4.78 is 8.26. The molecule has 128 valence electrons. The maximum absolute atomic E-state index is 12.6. The summed E-state index contributed by atoms with van der Waals surface area (Å²) in [4.78, 5) is 13.6. The standard InChI is InChI=1S/C19H24N2O2S/c1-13(2)17(23-5)12-11-14(3)19(22)18(15(4)20)21-24-16-9-7-6-8-10-16/h6-12,21H,1,20H2,2-5H3/b14-11+,17-12+,18-15+. The van der Waals surface area contributed by atoms with Gasteiger partial charge in [-0.25, -0.2) is 0 Å². The molecule has 1 aromatic carbocycles. The van der Waals surface area contributed by atoms with Crippen molar-refractivity contribution < 1.29 is 9.53 Å². The van der Waals surface area contributed by atoms with Crippen LogP contribution >= 0.6 is 11.9 Å². The van der Waals surface area contributed by atoms with Gasteiger partial charge in [-0.3, -0.25) is 4.79 Å². The highest BCUT2D eigenvalue weighted by Gasteiger charge is 2.14. The molecule has 5 heteroatoms. The molecule has 1 aromatic rings. The van der Waals surface area contributed by atoms with E-state index in [9.17, 15) is 4.79 Å². The van der Waals surface area contributed by atoms with Crippen molar-refractivity contribution in [1.82, 2.24) is 4.72 Å². The summed E-state index contributed by atoms with van der Waals surface area (Å²) in [6, 6.07) is 9.71. The number of hydrogen-bond donors (Lipinski definition) is 2. The molecule has 0 spiro atoms. The summed E-state index contributed by atoms with van der Waals surface area (Å²) in [5.74, 6) is 0.468. The Bertz CT molecular complexity index is 685. The van der Waals surface area contributed by atoms with Gasteiger partial charge in [0, 0.05) is 10.6 Å². The molecule has 1 rings (SSSR count). The fourth-order valence-corrected chi connectivity index (χ4v) is 2.53. The average molecular weight is 344 g/mol. The monoisotopic (exact) mass is 344 g/mol. The van der Waals surface area contributed by atoms with E-state index in [-0.39, 0.29) is 5.78 Å². The number of carbonyl (C=O) groups excluding carboxylic acids is 1. The first kappa shape index (κ1) is 19.6. The number of ketones is 1. The summed E-state index contributed by atoms with van der Waals surface area (Å²) >= 11 is 1.35. The largest absolute Gasteiger partial charge is 0.497 e. The quantitative estimate of drug-likeness (QED) is 0.322. The fraction of sp³-hybridized carbons (Fsp3) is 0.211. The second kappa shape index (κ2) is 9.67. The molecule has 0 unspecified atom stereocenters. The normalized spacial score (nSPS) is 13.2. The maximum atomic E-state index is 12.6. The molecule has 0 aliphatic carbocycles. The predicted molar refractivity (Wildman–Crippen MR) is 101 cm³/mol. The van der Waals surface area contributed by atoms with E-state index < -0.39 is 0 Å². The van der Waals surface area contributed by atoms with Crippen LogP contribution in [0.25, 0.3) is 0 Å². The summed E-state index contributed by atoms with van der Waals surface area (Å²) in [5.41, 5.74) is 8.02. The van der Waals surface area contributed by atoms with Crippen LogP contribution < -0.4 is 10.5 Å². The molecule has 0 fully saturated rings. The Morgan fingerprint density at radius 3 is 2.33 bits per heavy atom. The van der Waals surface area contributed by atoms with Crippen molar-refractivity contribution in [2.45, 2.75) is 25.7 Å². The molecule has 0 amide bonds. The number of hydrogen-bond acceptors (Lipinski definition) is 5.